The molecule has 0 aromatic heterocycles. The molecule has 0 amide bonds. The summed E-state index contributed by atoms with van der Waals surface area (Å²) in [5.41, 5.74) is -1.36. The van der Waals surface area contributed by atoms with E-state index in [1.54, 1.807) is 6.07 Å². The molecule has 0 spiro atoms. The number of halogens is 1. The summed E-state index contributed by atoms with van der Waals surface area (Å²) >= 11 is 5.52. The van der Waals surface area contributed by atoms with Crippen molar-refractivity contribution in [3.63, 3.8) is 0 Å². The molecule has 1 aromatic carbocycles. The van der Waals surface area contributed by atoms with Crippen LogP contribution in [0.15, 0.2) is 12.1 Å². The molecule has 0 heterocycles. The lowest BCUT2D eigenvalue weighted by Crippen LogP contribution is -2.04. The largest absolute Gasteiger partial charge is 0.477 e. The van der Waals surface area contributed by atoms with Crippen molar-refractivity contribution in [2.24, 2.45) is 0 Å². The molecular weight excluding hydrogens is 224 g/mol. The molecule has 76 valence electrons. The molecule has 6 nitrogen and oxygen atoms in total. The van der Waals surface area contributed by atoms with Gasteiger partial charge in [-0.2, -0.15) is 5.26 Å². The van der Waals surface area contributed by atoms with Crippen molar-refractivity contribution in [1.82, 2.24) is 0 Å². The third-order valence-electron chi connectivity index (χ3n) is 1.61. The second-order valence-electron chi connectivity index (χ2n) is 2.53. The Morgan fingerprint density at radius 2 is 2.20 bits per heavy atom. The maximum Gasteiger partial charge on any atom is 0.344 e. The number of nitriles is 1. The zero-order chi connectivity index (χ0) is 11.6. The van der Waals surface area contributed by atoms with Crippen molar-refractivity contribution in [1.29, 1.82) is 5.26 Å². The molecule has 1 N–H and O–H groups in total. The van der Waals surface area contributed by atoms with Gasteiger partial charge >= 0.3 is 5.97 Å². The maximum absolute atomic E-state index is 10.7. The van der Waals surface area contributed by atoms with Crippen LogP contribution in [-0.2, 0) is 0 Å². The van der Waals surface area contributed by atoms with Gasteiger partial charge in [0, 0.05) is 6.07 Å². The van der Waals surface area contributed by atoms with Gasteiger partial charge in [0.15, 0.2) is 5.56 Å². The van der Waals surface area contributed by atoms with E-state index in [0.717, 1.165) is 12.1 Å². The van der Waals surface area contributed by atoms with E-state index in [0.29, 0.717) is 0 Å². The number of nitro groups is 1. The molecule has 0 fully saturated rings. The average molecular weight is 227 g/mol. The van der Waals surface area contributed by atoms with Gasteiger partial charge in [-0.15, -0.1) is 0 Å². The molecule has 0 saturated heterocycles. The van der Waals surface area contributed by atoms with Crippen LogP contribution >= 0.6 is 11.6 Å². The number of rotatable bonds is 2. The molecule has 0 aliphatic carbocycles. The monoisotopic (exact) mass is 226 g/mol. The van der Waals surface area contributed by atoms with E-state index in [1.807, 2.05) is 0 Å². The molecule has 0 atom stereocenters. The second kappa shape index (κ2) is 3.94. The van der Waals surface area contributed by atoms with Gasteiger partial charge in [0.2, 0.25) is 0 Å². The lowest BCUT2D eigenvalue weighted by atomic mass is 10.1. The Labute approximate surface area is 88.5 Å². The first-order valence-corrected chi connectivity index (χ1v) is 3.96. The van der Waals surface area contributed by atoms with Gasteiger partial charge in [0.1, 0.15) is 0 Å². The minimum Gasteiger partial charge on any atom is -0.477 e. The molecule has 1 aromatic rings. The van der Waals surface area contributed by atoms with E-state index in [1.165, 1.54) is 0 Å². The van der Waals surface area contributed by atoms with Crippen molar-refractivity contribution in [3.05, 3.63) is 38.4 Å². The van der Waals surface area contributed by atoms with Gasteiger partial charge in [-0.1, -0.05) is 11.6 Å². The molecular formula is C8H3ClN2O4. The Kier molecular flexibility index (Phi) is 2.87. The van der Waals surface area contributed by atoms with Crippen LogP contribution in [0, 0.1) is 21.4 Å². The molecule has 0 aliphatic heterocycles. The summed E-state index contributed by atoms with van der Waals surface area (Å²) in [6, 6.07) is 3.59. The van der Waals surface area contributed by atoms with Crippen LogP contribution in [0.1, 0.15) is 15.9 Å². The summed E-state index contributed by atoms with van der Waals surface area (Å²) < 4.78 is 0. The number of hydrogen-bond acceptors (Lipinski definition) is 4. The molecule has 0 unspecified atom stereocenters. The first kappa shape index (κ1) is 10.9. The average Bonchev–Trinajstić information content (AvgIpc) is 2.15. The standard InChI is InChI=1S/C8H3ClN2O4/c9-5-1-4(3-10)2-6(11(14)15)7(5)8(12)13/h1-2H,(H,12,13). The normalized spacial score (nSPS) is 9.33. The lowest BCUT2D eigenvalue weighted by Gasteiger charge is -2.00. The minimum absolute atomic E-state index is 0.0586. The van der Waals surface area contributed by atoms with Crippen LogP contribution in [0.5, 0.6) is 0 Å². The first-order chi connectivity index (χ1) is 6.97. The summed E-state index contributed by atoms with van der Waals surface area (Å²) in [7, 11) is 0. The zero-order valence-electron chi connectivity index (χ0n) is 7.10. The van der Waals surface area contributed by atoms with Crippen molar-refractivity contribution in [3.8, 4) is 6.07 Å². The molecule has 0 radical (unpaired) electrons. The van der Waals surface area contributed by atoms with Gasteiger partial charge in [0.25, 0.3) is 5.69 Å². The van der Waals surface area contributed by atoms with E-state index in [-0.39, 0.29) is 10.6 Å². The molecule has 0 saturated carbocycles. The van der Waals surface area contributed by atoms with Crippen LogP contribution < -0.4 is 0 Å². The van der Waals surface area contributed by atoms with Crippen molar-refractivity contribution >= 4 is 23.3 Å². The Morgan fingerprint density at radius 1 is 1.60 bits per heavy atom. The molecule has 0 aliphatic rings. The van der Waals surface area contributed by atoms with E-state index in [4.69, 9.17) is 22.0 Å². The number of hydrogen-bond donors (Lipinski definition) is 1. The summed E-state index contributed by atoms with van der Waals surface area (Å²) in [6.45, 7) is 0. The van der Waals surface area contributed by atoms with Crippen LogP contribution in [0.25, 0.3) is 0 Å². The quantitative estimate of drug-likeness (QED) is 0.612. The predicted octanol–water partition coefficient (Wildman–Crippen LogP) is 1.82. The number of carbonyl (C=O) groups is 1. The van der Waals surface area contributed by atoms with Gasteiger partial charge in [-0.25, -0.2) is 4.79 Å². The fourth-order valence-corrected chi connectivity index (χ4v) is 1.31. The van der Waals surface area contributed by atoms with Crippen molar-refractivity contribution in [2.75, 3.05) is 0 Å². The second-order valence-corrected chi connectivity index (χ2v) is 2.93. The SMILES string of the molecule is N#Cc1cc(Cl)c(C(=O)O)c([N+](=O)[O-])c1. The van der Waals surface area contributed by atoms with Gasteiger partial charge in [0.05, 0.1) is 21.6 Å². The predicted molar refractivity (Wildman–Crippen MR) is 49.8 cm³/mol. The molecule has 7 heteroatoms. The topological polar surface area (TPSA) is 104 Å². The van der Waals surface area contributed by atoms with Crippen molar-refractivity contribution < 1.29 is 14.8 Å². The third kappa shape index (κ3) is 2.03. The summed E-state index contributed by atoms with van der Waals surface area (Å²) in [6.07, 6.45) is 0. The number of nitro benzene ring substituents is 1. The van der Waals surface area contributed by atoms with Crippen LogP contribution in [0.2, 0.25) is 5.02 Å². The summed E-state index contributed by atoms with van der Waals surface area (Å²) in [5.74, 6) is -1.50. The molecule has 15 heavy (non-hydrogen) atoms. The van der Waals surface area contributed by atoms with Gasteiger partial charge in [-0.05, 0) is 6.07 Å². The van der Waals surface area contributed by atoms with E-state index in [2.05, 4.69) is 0 Å². The fourth-order valence-electron chi connectivity index (χ4n) is 1.01. The smallest absolute Gasteiger partial charge is 0.344 e. The Morgan fingerprint density at radius 3 is 2.60 bits per heavy atom. The minimum atomic E-state index is -1.50. The van der Waals surface area contributed by atoms with Crippen LogP contribution in [-0.4, -0.2) is 16.0 Å². The van der Waals surface area contributed by atoms with Crippen LogP contribution in [0.4, 0.5) is 5.69 Å². The van der Waals surface area contributed by atoms with E-state index in [9.17, 15) is 14.9 Å². The highest BCUT2D eigenvalue weighted by atomic mass is 35.5. The summed E-state index contributed by atoms with van der Waals surface area (Å²) in [5, 5.41) is 27.4. The number of aromatic carboxylic acids is 1. The van der Waals surface area contributed by atoms with E-state index >= 15 is 0 Å². The Hall–Kier alpha value is -2.13. The maximum atomic E-state index is 10.7. The van der Waals surface area contributed by atoms with Gasteiger partial charge in [-0.3, -0.25) is 10.1 Å². The first-order valence-electron chi connectivity index (χ1n) is 3.58. The highest BCUT2D eigenvalue weighted by Crippen LogP contribution is 2.28. The lowest BCUT2D eigenvalue weighted by molar-refractivity contribution is -0.385. The Balaban J connectivity index is 3.58. The van der Waals surface area contributed by atoms with Crippen LogP contribution in [0.3, 0.4) is 0 Å². The molecule has 1 rings (SSSR count). The summed E-state index contributed by atoms with van der Waals surface area (Å²) in [4.78, 5) is 20.3. The Bertz CT molecular complexity index is 492. The van der Waals surface area contributed by atoms with Gasteiger partial charge < -0.3 is 5.11 Å². The number of carboxylic acid groups (broad SMARTS) is 1. The number of nitrogens with zero attached hydrogens (tertiary/aromatic N) is 2. The molecule has 0 bridgehead atoms. The zero-order valence-corrected chi connectivity index (χ0v) is 7.85. The fraction of sp³-hybridized carbons (Fsp3) is 0. The van der Waals surface area contributed by atoms with Crippen molar-refractivity contribution in [2.45, 2.75) is 0 Å². The van der Waals surface area contributed by atoms with E-state index < -0.39 is 22.1 Å². The number of benzene rings is 1. The third-order valence-corrected chi connectivity index (χ3v) is 1.91. The highest BCUT2D eigenvalue weighted by molar-refractivity contribution is 6.34. The number of carboxylic acids is 1. The highest BCUT2D eigenvalue weighted by Gasteiger charge is 2.24.